The van der Waals surface area contributed by atoms with Crippen molar-refractivity contribution in [2.75, 3.05) is 49.5 Å². The summed E-state index contributed by atoms with van der Waals surface area (Å²) in [6, 6.07) is 12.5. The number of rotatable bonds is 4. The second-order valence-electron chi connectivity index (χ2n) is 7.81. The first kappa shape index (κ1) is 22.0. The van der Waals surface area contributed by atoms with Crippen LogP contribution < -0.4 is 15.0 Å². The Morgan fingerprint density at radius 2 is 1.78 bits per heavy atom. The lowest BCUT2D eigenvalue weighted by Crippen LogP contribution is -2.52. The van der Waals surface area contributed by atoms with Crippen molar-refractivity contribution in [3.63, 3.8) is 0 Å². The highest BCUT2D eigenvalue weighted by atomic mass is 35.5. The van der Waals surface area contributed by atoms with Crippen molar-refractivity contribution in [3.8, 4) is 5.75 Å². The number of hydrogen-bond donors (Lipinski definition) is 1. The van der Waals surface area contributed by atoms with Crippen LogP contribution in [-0.4, -0.2) is 67.0 Å². The number of halogens is 1. The number of carbonyl (C=O) groups is 3. The smallest absolute Gasteiger partial charge is 0.321 e. The third-order valence-electron chi connectivity index (χ3n) is 5.70. The molecule has 0 aliphatic carbocycles. The van der Waals surface area contributed by atoms with Crippen LogP contribution in [0.15, 0.2) is 42.5 Å². The molecule has 0 atom stereocenters. The van der Waals surface area contributed by atoms with Gasteiger partial charge in [-0.1, -0.05) is 29.8 Å². The Balaban J connectivity index is 1.27. The van der Waals surface area contributed by atoms with Gasteiger partial charge in [-0.2, -0.15) is 0 Å². The number of aryl methyl sites for hydroxylation is 1. The van der Waals surface area contributed by atoms with Crippen LogP contribution in [0.3, 0.4) is 0 Å². The van der Waals surface area contributed by atoms with E-state index < -0.39 is 0 Å². The Morgan fingerprint density at radius 1 is 1.06 bits per heavy atom. The van der Waals surface area contributed by atoms with E-state index in [9.17, 15) is 14.4 Å². The summed E-state index contributed by atoms with van der Waals surface area (Å²) in [5.74, 6) is 0.454. The Kier molecular flexibility index (Phi) is 6.50. The second-order valence-corrected chi connectivity index (χ2v) is 8.22. The molecule has 1 fully saturated rings. The summed E-state index contributed by atoms with van der Waals surface area (Å²) < 4.78 is 5.44. The van der Waals surface area contributed by atoms with E-state index in [-0.39, 0.29) is 30.9 Å². The van der Waals surface area contributed by atoms with Crippen molar-refractivity contribution >= 4 is 40.8 Å². The summed E-state index contributed by atoms with van der Waals surface area (Å²) >= 11 is 6.12. The van der Waals surface area contributed by atoms with Gasteiger partial charge in [0.2, 0.25) is 5.91 Å². The van der Waals surface area contributed by atoms with E-state index in [1.54, 1.807) is 20.8 Å². The van der Waals surface area contributed by atoms with E-state index in [0.29, 0.717) is 54.9 Å². The number of fused-ring (bicyclic) bond motifs is 1. The molecule has 2 heterocycles. The SMILES string of the molecule is Cc1ccc(NC(=O)N2CCN(C(=O)CCN3C(=O)COc4ccccc43)CC2)cc1Cl. The molecule has 2 aromatic carbocycles. The standard InChI is InChI=1S/C23H25ClN4O4/c1-16-6-7-17(14-18(16)24)25-23(31)27-12-10-26(11-13-27)21(29)8-9-28-19-4-2-3-5-20(19)32-15-22(28)30/h2-7,14H,8-13,15H2,1H3,(H,25,31). The van der Waals surface area contributed by atoms with Crippen LogP contribution in [0.25, 0.3) is 0 Å². The molecular formula is C23H25ClN4O4. The van der Waals surface area contributed by atoms with Gasteiger partial charge in [0.25, 0.3) is 5.91 Å². The van der Waals surface area contributed by atoms with E-state index in [2.05, 4.69) is 5.32 Å². The van der Waals surface area contributed by atoms with Gasteiger partial charge in [0.05, 0.1) is 5.69 Å². The third-order valence-corrected chi connectivity index (χ3v) is 6.11. The molecule has 4 rings (SSSR count). The fourth-order valence-electron chi connectivity index (χ4n) is 3.80. The molecule has 2 aliphatic rings. The van der Waals surface area contributed by atoms with Gasteiger partial charge in [0.15, 0.2) is 6.61 Å². The molecule has 4 amide bonds. The molecule has 1 N–H and O–H groups in total. The van der Waals surface area contributed by atoms with Gasteiger partial charge in [-0.25, -0.2) is 4.79 Å². The molecule has 0 unspecified atom stereocenters. The number of ether oxygens (including phenoxy) is 1. The molecule has 32 heavy (non-hydrogen) atoms. The first-order chi connectivity index (χ1) is 15.4. The molecule has 9 heteroatoms. The number of benzene rings is 2. The predicted octanol–water partition coefficient (Wildman–Crippen LogP) is 3.14. The molecule has 0 aromatic heterocycles. The van der Waals surface area contributed by atoms with Crippen molar-refractivity contribution in [2.24, 2.45) is 0 Å². The molecule has 2 aliphatic heterocycles. The fraction of sp³-hybridized carbons (Fsp3) is 0.348. The lowest BCUT2D eigenvalue weighted by atomic mass is 10.2. The van der Waals surface area contributed by atoms with Crippen molar-refractivity contribution in [1.82, 2.24) is 9.80 Å². The molecule has 0 bridgehead atoms. The molecule has 168 valence electrons. The molecule has 8 nitrogen and oxygen atoms in total. The Bertz CT molecular complexity index is 1040. The second kappa shape index (κ2) is 9.48. The number of carbonyl (C=O) groups excluding carboxylic acids is 3. The Labute approximate surface area is 191 Å². The first-order valence-corrected chi connectivity index (χ1v) is 10.9. The minimum Gasteiger partial charge on any atom is -0.482 e. The van der Waals surface area contributed by atoms with Gasteiger partial charge in [-0.15, -0.1) is 0 Å². The van der Waals surface area contributed by atoms with Crippen molar-refractivity contribution in [3.05, 3.63) is 53.1 Å². The highest BCUT2D eigenvalue weighted by Crippen LogP contribution is 2.31. The maximum absolute atomic E-state index is 12.7. The zero-order valence-corrected chi connectivity index (χ0v) is 18.6. The van der Waals surface area contributed by atoms with Crippen LogP contribution in [0.5, 0.6) is 5.75 Å². The molecule has 2 aromatic rings. The van der Waals surface area contributed by atoms with Crippen molar-refractivity contribution in [1.29, 1.82) is 0 Å². The number of para-hydroxylation sites is 2. The summed E-state index contributed by atoms with van der Waals surface area (Å²) in [7, 11) is 0. The normalized spacial score (nSPS) is 15.8. The number of urea groups is 1. The summed E-state index contributed by atoms with van der Waals surface area (Å²) in [6.07, 6.45) is 0.216. The first-order valence-electron chi connectivity index (χ1n) is 10.5. The average molecular weight is 457 g/mol. The average Bonchev–Trinajstić information content (AvgIpc) is 2.80. The van der Waals surface area contributed by atoms with Gasteiger partial charge >= 0.3 is 6.03 Å². The maximum atomic E-state index is 12.7. The molecule has 0 spiro atoms. The molecule has 1 saturated heterocycles. The molecule has 0 radical (unpaired) electrons. The van der Waals surface area contributed by atoms with Gasteiger partial charge in [0, 0.05) is 49.9 Å². The highest BCUT2D eigenvalue weighted by Gasteiger charge is 2.28. The van der Waals surface area contributed by atoms with Gasteiger partial charge in [0.1, 0.15) is 5.75 Å². The van der Waals surface area contributed by atoms with Gasteiger partial charge in [-0.05, 0) is 36.8 Å². The number of hydrogen-bond acceptors (Lipinski definition) is 4. The van der Waals surface area contributed by atoms with E-state index >= 15 is 0 Å². The minimum absolute atomic E-state index is 0.0226. The number of nitrogens with zero attached hydrogens (tertiary/aromatic N) is 3. The third kappa shape index (κ3) is 4.80. The number of nitrogens with one attached hydrogen (secondary N) is 1. The lowest BCUT2D eigenvalue weighted by molar-refractivity contribution is -0.132. The van der Waals surface area contributed by atoms with E-state index in [1.165, 1.54) is 0 Å². The monoisotopic (exact) mass is 456 g/mol. The summed E-state index contributed by atoms with van der Waals surface area (Å²) in [6.45, 7) is 3.96. The highest BCUT2D eigenvalue weighted by molar-refractivity contribution is 6.31. The number of piperazine rings is 1. The Morgan fingerprint density at radius 3 is 2.53 bits per heavy atom. The zero-order chi connectivity index (χ0) is 22.7. The minimum atomic E-state index is -0.215. The maximum Gasteiger partial charge on any atom is 0.321 e. The van der Waals surface area contributed by atoms with Crippen LogP contribution in [0, 0.1) is 6.92 Å². The van der Waals surface area contributed by atoms with Crippen LogP contribution in [0.4, 0.5) is 16.2 Å². The number of amides is 4. The topological polar surface area (TPSA) is 82.2 Å². The molecule has 0 saturated carbocycles. The van der Waals surface area contributed by atoms with Crippen LogP contribution >= 0.6 is 11.6 Å². The zero-order valence-electron chi connectivity index (χ0n) is 17.8. The predicted molar refractivity (Wildman–Crippen MR) is 122 cm³/mol. The summed E-state index contributed by atoms with van der Waals surface area (Å²) in [5.41, 5.74) is 2.27. The fourth-order valence-corrected chi connectivity index (χ4v) is 3.98. The van der Waals surface area contributed by atoms with Crippen molar-refractivity contribution < 1.29 is 19.1 Å². The molecular weight excluding hydrogens is 432 g/mol. The quantitative estimate of drug-likeness (QED) is 0.766. The van der Waals surface area contributed by atoms with E-state index in [1.807, 2.05) is 43.3 Å². The number of anilines is 2. The van der Waals surface area contributed by atoms with Crippen LogP contribution in [-0.2, 0) is 9.59 Å². The van der Waals surface area contributed by atoms with Gasteiger partial charge < -0.3 is 24.8 Å². The van der Waals surface area contributed by atoms with Crippen LogP contribution in [0.2, 0.25) is 5.02 Å². The van der Waals surface area contributed by atoms with E-state index in [0.717, 1.165) is 5.56 Å². The van der Waals surface area contributed by atoms with Crippen LogP contribution in [0.1, 0.15) is 12.0 Å². The largest absolute Gasteiger partial charge is 0.482 e. The Hall–Kier alpha value is -3.26. The van der Waals surface area contributed by atoms with Gasteiger partial charge in [-0.3, -0.25) is 9.59 Å². The summed E-state index contributed by atoms with van der Waals surface area (Å²) in [5, 5.41) is 3.45. The van der Waals surface area contributed by atoms with Crippen molar-refractivity contribution in [2.45, 2.75) is 13.3 Å². The lowest BCUT2D eigenvalue weighted by Gasteiger charge is -2.35. The summed E-state index contributed by atoms with van der Waals surface area (Å²) in [4.78, 5) is 42.6. The van der Waals surface area contributed by atoms with E-state index in [4.69, 9.17) is 16.3 Å².